The third kappa shape index (κ3) is 4.24. The van der Waals surface area contributed by atoms with Gasteiger partial charge in [-0.15, -0.1) is 22.7 Å². The number of aromatic nitrogens is 3. The normalized spacial score (nSPS) is 11.4. The Balaban J connectivity index is 1.55. The monoisotopic (exact) mass is 437 g/mol. The number of fused-ring (bicyclic) bond motifs is 1. The molecule has 0 saturated carbocycles. The molecule has 0 aliphatic heterocycles. The third-order valence-electron chi connectivity index (χ3n) is 4.51. The van der Waals surface area contributed by atoms with E-state index in [1.54, 1.807) is 6.08 Å². The van der Waals surface area contributed by atoms with Gasteiger partial charge in [0.05, 0.1) is 16.1 Å². The molecule has 0 saturated heterocycles. The number of aryl methyl sites for hydroxylation is 3. The predicted octanol–water partition coefficient (Wildman–Crippen LogP) is 4.79. The van der Waals surface area contributed by atoms with Crippen molar-refractivity contribution in [2.24, 2.45) is 0 Å². The molecule has 4 aromatic rings. The lowest BCUT2D eigenvalue weighted by Gasteiger charge is -2.04. The number of H-pyrrole nitrogens is 1. The number of hydrogen-bond donors (Lipinski definition) is 1. The van der Waals surface area contributed by atoms with Crippen molar-refractivity contribution in [3.63, 3.8) is 0 Å². The topological polar surface area (TPSA) is 84.9 Å². The molecule has 1 aromatic carbocycles. The van der Waals surface area contributed by atoms with Crippen LogP contribution in [0.1, 0.15) is 27.0 Å². The van der Waals surface area contributed by atoms with Gasteiger partial charge in [0.15, 0.2) is 0 Å². The zero-order valence-electron chi connectivity index (χ0n) is 16.7. The standard InChI is InChI=1S/C22H19N3O3S2/c1-12-4-6-15(7-5-12)19-13(2)30-22-20(19)21(27)24-17(25-22)10-28-18(26)9-8-16-11-29-14(3)23-16/h4-9,11H,10H2,1-3H3,(H,24,25,27)/b9-8+. The summed E-state index contributed by atoms with van der Waals surface area (Å²) in [5.41, 5.74) is 3.51. The Morgan fingerprint density at radius 1 is 1.17 bits per heavy atom. The Bertz CT molecular complexity index is 1310. The quantitative estimate of drug-likeness (QED) is 0.358. The van der Waals surface area contributed by atoms with Crippen LogP contribution in [0.25, 0.3) is 27.4 Å². The highest BCUT2D eigenvalue weighted by atomic mass is 32.1. The SMILES string of the molecule is Cc1ccc(-c2c(C)sc3nc(COC(=O)/C=C/c4csc(C)n4)[nH]c(=O)c23)cc1. The molecular formula is C22H19N3O3S2. The molecule has 3 heterocycles. The summed E-state index contributed by atoms with van der Waals surface area (Å²) in [6.45, 7) is 5.79. The van der Waals surface area contributed by atoms with Crippen LogP contribution >= 0.6 is 22.7 Å². The average Bonchev–Trinajstić information content (AvgIpc) is 3.28. The Kier molecular flexibility index (Phi) is 5.61. The van der Waals surface area contributed by atoms with Crippen LogP contribution in [0.3, 0.4) is 0 Å². The zero-order chi connectivity index (χ0) is 21.3. The molecule has 0 fully saturated rings. The van der Waals surface area contributed by atoms with E-state index < -0.39 is 5.97 Å². The van der Waals surface area contributed by atoms with E-state index in [4.69, 9.17) is 4.74 Å². The predicted molar refractivity (Wildman–Crippen MR) is 121 cm³/mol. The van der Waals surface area contributed by atoms with Gasteiger partial charge in [0.2, 0.25) is 0 Å². The van der Waals surface area contributed by atoms with Gasteiger partial charge < -0.3 is 9.72 Å². The number of hydrogen-bond acceptors (Lipinski definition) is 7. The van der Waals surface area contributed by atoms with Crippen molar-refractivity contribution in [2.45, 2.75) is 27.4 Å². The number of rotatable bonds is 5. The van der Waals surface area contributed by atoms with E-state index in [-0.39, 0.29) is 12.2 Å². The third-order valence-corrected chi connectivity index (χ3v) is 6.30. The van der Waals surface area contributed by atoms with Crippen LogP contribution in [0.4, 0.5) is 0 Å². The van der Waals surface area contributed by atoms with Crippen LogP contribution < -0.4 is 5.56 Å². The summed E-state index contributed by atoms with van der Waals surface area (Å²) in [7, 11) is 0. The van der Waals surface area contributed by atoms with Crippen LogP contribution in [0.2, 0.25) is 0 Å². The van der Waals surface area contributed by atoms with Crippen molar-refractivity contribution in [3.05, 3.63) is 73.0 Å². The summed E-state index contributed by atoms with van der Waals surface area (Å²) in [6, 6.07) is 8.06. The van der Waals surface area contributed by atoms with E-state index in [2.05, 4.69) is 15.0 Å². The van der Waals surface area contributed by atoms with Crippen LogP contribution in [0.5, 0.6) is 0 Å². The van der Waals surface area contributed by atoms with Gasteiger partial charge in [-0.3, -0.25) is 4.79 Å². The first-order chi connectivity index (χ1) is 14.4. The number of ether oxygens (including phenoxy) is 1. The molecule has 3 aromatic heterocycles. The Labute approximate surface area is 180 Å². The van der Waals surface area contributed by atoms with Gasteiger partial charge in [-0.05, 0) is 32.4 Å². The second-order valence-electron chi connectivity index (χ2n) is 6.82. The van der Waals surface area contributed by atoms with E-state index in [0.717, 1.165) is 26.6 Å². The highest BCUT2D eigenvalue weighted by molar-refractivity contribution is 7.19. The van der Waals surface area contributed by atoms with Gasteiger partial charge in [-0.25, -0.2) is 14.8 Å². The van der Waals surface area contributed by atoms with Gasteiger partial charge in [-0.1, -0.05) is 29.8 Å². The Morgan fingerprint density at radius 2 is 1.93 bits per heavy atom. The minimum atomic E-state index is -0.522. The van der Waals surface area contributed by atoms with E-state index in [1.165, 1.54) is 28.7 Å². The molecule has 0 radical (unpaired) electrons. The highest BCUT2D eigenvalue weighted by Crippen LogP contribution is 2.35. The number of thiophene rings is 1. The fourth-order valence-corrected chi connectivity index (χ4v) is 4.74. The first-order valence-electron chi connectivity index (χ1n) is 9.27. The molecule has 0 atom stereocenters. The highest BCUT2D eigenvalue weighted by Gasteiger charge is 2.17. The molecule has 0 spiro atoms. The summed E-state index contributed by atoms with van der Waals surface area (Å²) < 4.78 is 5.22. The van der Waals surface area contributed by atoms with Gasteiger partial charge in [0.1, 0.15) is 17.3 Å². The van der Waals surface area contributed by atoms with Crippen molar-refractivity contribution in [1.82, 2.24) is 15.0 Å². The smallest absolute Gasteiger partial charge is 0.331 e. The summed E-state index contributed by atoms with van der Waals surface area (Å²) in [5, 5.41) is 3.35. The number of carbonyl (C=O) groups is 1. The Hall–Kier alpha value is -3.10. The zero-order valence-corrected chi connectivity index (χ0v) is 18.3. The van der Waals surface area contributed by atoms with Gasteiger partial charge in [0.25, 0.3) is 5.56 Å². The van der Waals surface area contributed by atoms with Crippen molar-refractivity contribution < 1.29 is 9.53 Å². The van der Waals surface area contributed by atoms with Crippen molar-refractivity contribution in [2.75, 3.05) is 0 Å². The number of carbonyl (C=O) groups excluding carboxylic acids is 1. The van der Waals surface area contributed by atoms with Crippen LogP contribution in [0, 0.1) is 20.8 Å². The average molecular weight is 438 g/mol. The summed E-state index contributed by atoms with van der Waals surface area (Å²) >= 11 is 2.97. The van der Waals surface area contributed by atoms with Crippen molar-refractivity contribution in [1.29, 1.82) is 0 Å². The van der Waals surface area contributed by atoms with Crippen molar-refractivity contribution in [3.8, 4) is 11.1 Å². The molecule has 8 heteroatoms. The fraction of sp³-hybridized carbons (Fsp3) is 0.182. The molecule has 0 amide bonds. The molecule has 152 valence electrons. The maximum atomic E-state index is 12.8. The maximum Gasteiger partial charge on any atom is 0.331 e. The van der Waals surface area contributed by atoms with E-state index >= 15 is 0 Å². The molecule has 4 rings (SSSR count). The second kappa shape index (κ2) is 8.33. The van der Waals surface area contributed by atoms with E-state index in [0.29, 0.717) is 21.7 Å². The molecule has 0 bridgehead atoms. The number of esters is 1. The van der Waals surface area contributed by atoms with Gasteiger partial charge >= 0.3 is 5.97 Å². The molecule has 0 aliphatic carbocycles. The molecule has 0 aliphatic rings. The Morgan fingerprint density at radius 3 is 2.63 bits per heavy atom. The molecule has 1 N–H and O–H groups in total. The molecule has 30 heavy (non-hydrogen) atoms. The van der Waals surface area contributed by atoms with Crippen LogP contribution in [-0.4, -0.2) is 20.9 Å². The first-order valence-corrected chi connectivity index (χ1v) is 11.0. The number of nitrogens with zero attached hydrogens (tertiary/aromatic N) is 2. The second-order valence-corrected chi connectivity index (χ2v) is 9.09. The molecule has 6 nitrogen and oxygen atoms in total. The summed E-state index contributed by atoms with van der Waals surface area (Å²) in [5.74, 6) is -0.207. The summed E-state index contributed by atoms with van der Waals surface area (Å²) in [6.07, 6.45) is 2.91. The lowest BCUT2D eigenvalue weighted by molar-refractivity contribution is -0.139. The van der Waals surface area contributed by atoms with Crippen LogP contribution in [0.15, 0.2) is 40.5 Å². The molecule has 0 unspecified atom stereocenters. The number of thiazole rings is 1. The van der Waals surface area contributed by atoms with Gasteiger partial charge in [0, 0.05) is 21.9 Å². The van der Waals surface area contributed by atoms with Gasteiger partial charge in [-0.2, -0.15) is 0 Å². The summed E-state index contributed by atoms with van der Waals surface area (Å²) in [4.78, 5) is 37.9. The van der Waals surface area contributed by atoms with E-state index in [1.807, 2.05) is 50.4 Å². The van der Waals surface area contributed by atoms with Crippen LogP contribution in [-0.2, 0) is 16.1 Å². The van der Waals surface area contributed by atoms with E-state index in [9.17, 15) is 9.59 Å². The fourth-order valence-electron chi connectivity index (χ4n) is 3.10. The number of benzene rings is 1. The maximum absolute atomic E-state index is 12.8. The number of nitrogens with one attached hydrogen (secondary N) is 1. The van der Waals surface area contributed by atoms with Crippen molar-refractivity contribution >= 4 is 44.9 Å². The molecular weight excluding hydrogens is 418 g/mol. The minimum Gasteiger partial charge on any atom is -0.454 e. The largest absolute Gasteiger partial charge is 0.454 e. The first kappa shape index (κ1) is 20.2. The lowest BCUT2D eigenvalue weighted by atomic mass is 10.0. The number of aromatic amines is 1. The lowest BCUT2D eigenvalue weighted by Crippen LogP contribution is -2.13. The minimum absolute atomic E-state index is 0.110.